The molecule has 1 saturated heterocycles. The third-order valence-electron chi connectivity index (χ3n) is 3.55. The van der Waals surface area contributed by atoms with E-state index < -0.39 is 0 Å². The van der Waals surface area contributed by atoms with Crippen LogP contribution in [0, 0.1) is 5.92 Å². The number of nitrogens with zero attached hydrogens (tertiary/aromatic N) is 1. The van der Waals surface area contributed by atoms with E-state index in [1.165, 1.54) is 0 Å². The van der Waals surface area contributed by atoms with Crippen LogP contribution in [-0.4, -0.2) is 41.7 Å². The van der Waals surface area contributed by atoms with E-state index >= 15 is 0 Å². The fourth-order valence-corrected chi connectivity index (χ4v) is 2.53. The van der Waals surface area contributed by atoms with Crippen LogP contribution in [0.15, 0.2) is 0 Å². The molecule has 1 unspecified atom stereocenters. The van der Waals surface area contributed by atoms with Crippen molar-refractivity contribution in [3.05, 3.63) is 0 Å². The van der Waals surface area contributed by atoms with Gasteiger partial charge in [0.15, 0.2) is 0 Å². The highest BCUT2D eigenvalue weighted by Crippen LogP contribution is 2.19. The van der Waals surface area contributed by atoms with Crippen LogP contribution in [0.5, 0.6) is 0 Å². The van der Waals surface area contributed by atoms with Crippen LogP contribution in [-0.2, 0) is 4.79 Å². The number of carbonyl (C=O) groups is 1. The molecule has 0 aromatic carbocycles. The van der Waals surface area contributed by atoms with Crippen LogP contribution in [0.2, 0.25) is 0 Å². The zero-order valence-corrected chi connectivity index (χ0v) is 10.9. The lowest BCUT2D eigenvalue weighted by atomic mass is 9.94. The summed E-state index contributed by atoms with van der Waals surface area (Å²) in [5, 5.41) is 9.38. The predicted molar refractivity (Wildman–Crippen MR) is 68.5 cm³/mol. The van der Waals surface area contributed by atoms with Gasteiger partial charge in [-0.2, -0.15) is 0 Å². The zero-order chi connectivity index (χ0) is 12.7. The van der Waals surface area contributed by atoms with E-state index in [2.05, 4.69) is 6.92 Å². The maximum atomic E-state index is 11.9. The molecule has 1 aliphatic rings. The van der Waals surface area contributed by atoms with Crippen molar-refractivity contribution in [2.75, 3.05) is 19.6 Å². The lowest BCUT2D eigenvalue weighted by Crippen LogP contribution is -2.29. The number of aliphatic hydroxyl groups excluding tert-OH is 1. The summed E-state index contributed by atoms with van der Waals surface area (Å²) in [4.78, 5) is 13.7. The first-order chi connectivity index (χ1) is 8.17. The Labute approximate surface area is 104 Å². The van der Waals surface area contributed by atoms with Gasteiger partial charge in [0.25, 0.3) is 0 Å². The molecule has 0 radical (unpaired) electrons. The van der Waals surface area contributed by atoms with Gasteiger partial charge in [-0.3, -0.25) is 4.79 Å². The van der Waals surface area contributed by atoms with E-state index in [4.69, 9.17) is 5.73 Å². The van der Waals surface area contributed by atoms with Gasteiger partial charge in [0.2, 0.25) is 5.91 Å². The first-order valence-corrected chi connectivity index (χ1v) is 6.83. The number of rotatable bonds is 7. The van der Waals surface area contributed by atoms with Gasteiger partial charge in [-0.05, 0) is 31.7 Å². The molecule has 100 valence electrons. The van der Waals surface area contributed by atoms with Crippen LogP contribution in [0.25, 0.3) is 0 Å². The van der Waals surface area contributed by atoms with Crippen LogP contribution in [0.4, 0.5) is 0 Å². The Balaban J connectivity index is 2.25. The normalized spacial score (nSPS) is 21.8. The smallest absolute Gasteiger partial charge is 0.222 e. The second kappa shape index (κ2) is 7.67. The van der Waals surface area contributed by atoms with Gasteiger partial charge in [0.1, 0.15) is 0 Å². The zero-order valence-electron chi connectivity index (χ0n) is 10.9. The molecule has 4 nitrogen and oxygen atoms in total. The van der Waals surface area contributed by atoms with E-state index in [9.17, 15) is 9.90 Å². The summed E-state index contributed by atoms with van der Waals surface area (Å²) >= 11 is 0. The van der Waals surface area contributed by atoms with E-state index in [-0.39, 0.29) is 12.0 Å². The van der Waals surface area contributed by atoms with Gasteiger partial charge >= 0.3 is 0 Å². The molecular formula is C13H26N2O2. The molecule has 1 fully saturated rings. The number of β-amino-alcohol motifs (C(OH)–C–C–N with tert-alkyl or cyclic N) is 1. The maximum Gasteiger partial charge on any atom is 0.222 e. The molecule has 0 aromatic heterocycles. The highest BCUT2D eigenvalue weighted by Gasteiger charge is 2.24. The van der Waals surface area contributed by atoms with Crippen molar-refractivity contribution in [3.8, 4) is 0 Å². The quantitative estimate of drug-likeness (QED) is 0.703. The van der Waals surface area contributed by atoms with Crippen LogP contribution >= 0.6 is 0 Å². The lowest BCUT2D eigenvalue weighted by Gasteiger charge is -2.18. The number of hydrogen-bond acceptors (Lipinski definition) is 3. The van der Waals surface area contributed by atoms with Crippen molar-refractivity contribution in [1.82, 2.24) is 4.90 Å². The van der Waals surface area contributed by atoms with Crippen LogP contribution in [0.1, 0.15) is 45.4 Å². The highest BCUT2D eigenvalue weighted by atomic mass is 16.3. The largest absolute Gasteiger partial charge is 0.391 e. The fourth-order valence-electron chi connectivity index (χ4n) is 2.53. The van der Waals surface area contributed by atoms with Crippen molar-refractivity contribution >= 4 is 5.91 Å². The fraction of sp³-hybridized carbons (Fsp3) is 0.923. The number of nitrogens with two attached hydrogens (primary N) is 1. The minimum Gasteiger partial charge on any atom is -0.391 e. The van der Waals surface area contributed by atoms with Crippen molar-refractivity contribution < 1.29 is 9.90 Å². The maximum absolute atomic E-state index is 11.9. The standard InChI is InChI=1S/C13H26N2O2/c1-2-3-11(6-8-14)4-5-13(17)15-9-7-12(16)10-15/h11-12,16H,2-10,14H2,1H3/t11?,12-/m1/s1. The molecule has 0 saturated carbocycles. The van der Waals surface area contributed by atoms with E-state index in [0.29, 0.717) is 25.4 Å². The minimum atomic E-state index is -0.311. The van der Waals surface area contributed by atoms with Crippen molar-refractivity contribution in [1.29, 1.82) is 0 Å². The second-order valence-electron chi connectivity index (χ2n) is 5.05. The molecule has 2 atom stereocenters. The number of hydrogen-bond donors (Lipinski definition) is 2. The van der Waals surface area contributed by atoms with Gasteiger partial charge in [-0.25, -0.2) is 0 Å². The Morgan fingerprint density at radius 2 is 2.24 bits per heavy atom. The van der Waals surface area contributed by atoms with Crippen molar-refractivity contribution in [2.45, 2.75) is 51.6 Å². The average molecular weight is 242 g/mol. The summed E-state index contributed by atoms with van der Waals surface area (Å²) in [5.41, 5.74) is 5.58. The van der Waals surface area contributed by atoms with Crippen LogP contribution in [0.3, 0.4) is 0 Å². The molecule has 0 aromatic rings. The Morgan fingerprint density at radius 3 is 2.76 bits per heavy atom. The molecule has 3 N–H and O–H groups in total. The number of likely N-dealkylation sites (tertiary alicyclic amines) is 1. The molecule has 17 heavy (non-hydrogen) atoms. The van der Waals surface area contributed by atoms with E-state index in [1.807, 2.05) is 0 Å². The van der Waals surface area contributed by atoms with Gasteiger partial charge in [-0.15, -0.1) is 0 Å². The second-order valence-corrected chi connectivity index (χ2v) is 5.05. The molecular weight excluding hydrogens is 216 g/mol. The number of aliphatic hydroxyl groups is 1. The summed E-state index contributed by atoms with van der Waals surface area (Å²) in [6, 6.07) is 0. The summed E-state index contributed by atoms with van der Waals surface area (Å²) < 4.78 is 0. The first-order valence-electron chi connectivity index (χ1n) is 6.83. The first kappa shape index (κ1) is 14.5. The van der Waals surface area contributed by atoms with E-state index in [0.717, 1.165) is 38.6 Å². The summed E-state index contributed by atoms with van der Waals surface area (Å²) in [6.07, 6.45) is 5.30. The molecule has 0 spiro atoms. The molecule has 1 heterocycles. The number of amides is 1. The third kappa shape index (κ3) is 5.04. The Bertz CT molecular complexity index is 227. The monoisotopic (exact) mass is 242 g/mol. The summed E-state index contributed by atoms with van der Waals surface area (Å²) in [6.45, 7) is 4.12. The molecule has 1 rings (SSSR count). The van der Waals surface area contributed by atoms with Gasteiger partial charge in [0, 0.05) is 19.5 Å². The Kier molecular flexibility index (Phi) is 6.52. The van der Waals surface area contributed by atoms with Gasteiger partial charge in [0.05, 0.1) is 6.10 Å². The van der Waals surface area contributed by atoms with Gasteiger partial charge < -0.3 is 15.7 Å². The van der Waals surface area contributed by atoms with Crippen LogP contribution < -0.4 is 5.73 Å². The Hall–Kier alpha value is -0.610. The summed E-state index contributed by atoms with van der Waals surface area (Å²) in [5.74, 6) is 0.779. The Morgan fingerprint density at radius 1 is 1.47 bits per heavy atom. The predicted octanol–water partition coefficient (Wildman–Crippen LogP) is 1.12. The van der Waals surface area contributed by atoms with Crippen molar-refractivity contribution in [2.24, 2.45) is 11.7 Å². The third-order valence-corrected chi connectivity index (χ3v) is 3.55. The average Bonchev–Trinajstić information content (AvgIpc) is 2.73. The molecule has 1 aliphatic heterocycles. The topological polar surface area (TPSA) is 66.6 Å². The molecule has 0 bridgehead atoms. The number of carbonyl (C=O) groups excluding carboxylic acids is 1. The molecule has 4 heteroatoms. The minimum absolute atomic E-state index is 0.194. The summed E-state index contributed by atoms with van der Waals surface area (Å²) in [7, 11) is 0. The van der Waals surface area contributed by atoms with Gasteiger partial charge in [-0.1, -0.05) is 19.8 Å². The molecule has 0 aliphatic carbocycles. The van der Waals surface area contributed by atoms with Crippen molar-refractivity contribution in [3.63, 3.8) is 0 Å². The molecule has 1 amide bonds. The lowest BCUT2D eigenvalue weighted by molar-refractivity contribution is -0.130. The van der Waals surface area contributed by atoms with E-state index in [1.54, 1.807) is 4.90 Å². The SMILES string of the molecule is CCCC(CCN)CCC(=O)N1CC[C@@H](O)C1. The highest BCUT2D eigenvalue weighted by molar-refractivity contribution is 5.76.